The predicted molar refractivity (Wildman–Crippen MR) is 114 cm³/mol. The van der Waals surface area contributed by atoms with Gasteiger partial charge in [0, 0.05) is 11.8 Å². The number of hydrogen-bond donors (Lipinski definition) is 2. The molecular formula is C21H18F2N4O2S. The highest BCUT2D eigenvalue weighted by Crippen LogP contribution is 2.33. The molecule has 0 bridgehead atoms. The van der Waals surface area contributed by atoms with Crippen LogP contribution in [0.2, 0.25) is 0 Å². The normalized spacial score (nSPS) is 12.3. The van der Waals surface area contributed by atoms with Crippen molar-refractivity contribution in [1.29, 1.82) is 0 Å². The molecule has 0 amide bonds. The molecule has 2 aromatic carbocycles. The quantitative estimate of drug-likeness (QED) is 0.475. The van der Waals surface area contributed by atoms with Crippen molar-refractivity contribution in [3.05, 3.63) is 81.9 Å². The number of nitrogens with one attached hydrogen (secondary N) is 2. The number of hydrogen-bond acceptors (Lipinski definition) is 4. The van der Waals surface area contributed by atoms with Crippen LogP contribution in [-0.4, -0.2) is 25.6 Å². The third kappa shape index (κ3) is 3.94. The van der Waals surface area contributed by atoms with E-state index in [2.05, 4.69) is 14.8 Å². The summed E-state index contributed by atoms with van der Waals surface area (Å²) < 4.78 is 44.0. The summed E-state index contributed by atoms with van der Waals surface area (Å²) in [6.45, 7) is 1.92. The number of aromatic amines is 1. The highest BCUT2D eigenvalue weighted by atomic mass is 32.2. The Kier molecular flexibility index (Phi) is 5.31. The van der Waals surface area contributed by atoms with Gasteiger partial charge in [0.2, 0.25) is 5.95 Å². The van der Waals surface area contributed by atoms with Crippen molar-refractivity contribution < 1.29 is 13.3 Å². The average Bonchev–Trinajstić information content (AvgIpc) is 3.01. The van der Waals surface area contributed by atoms with Crippen LogP contribution in [0.1, 0.15) is 11.1 Å². The van der Waals surface area contributed by atoms with Crippen LogP contribution in [0.5, 0.6) is 0 Å². The minimum Gasteiger partial charge on any atom is -0.593 e. The number of aryl methyl sites for hydroxylation is 1. The molecule has 30 heavy (non-hydrogen) atoms. The number of fused-ring (bicyclic) bond motifs is 1. The lowest BCUT2D eigenvalue weighted by atomic mass is 10.0. The molecule has 4 aromatic rings. The lowest BCUT2D eigenvalue weighted by molar-refractivity contribution is 0.549. The van der Waals surface area contributed by atoms with Gasteiger partial charge in [0.25, 0.3) is 5.56 Å². The Morgan fingerprint density at radius 1 is 1.17 bits per heavy atom. The number of anilines is 1. The molecule has 2 aromatic heterocycles. The van der Waals surface area contributed by atoms with Gasteiger partial charge in [-0.25, -0.2) is 9.11 Å². The highest BCUT2D eigenvalue weighted by molar-refractivity contribution is 7.92. The fourth-order valence-corrected chi connectivity index (χ4v) is 3.78. The Bertz CT molecular complexity index is 1280. The molecule has 2 heterocycles. The third-order valence-electron chi connectivity index (χ3n) is 4.73. The second-order valence-electron chi connectivity index (χ2n) is 6.95. The van der Waals surface area contributed by atoms with E-state index >= 15 is 0 Å². The van der Waals surface area contributed by atoms with Crippen LogP contribution >= 0.6 is 0 Å². The molecule has 2 N–H and O–H groups in total. The van der Waals surface area contributed by atoms with Crippen LogP contribution in [0.25, 0.3) is 22.0 Å². The average molecular weight is 428 g/mol. The Labute approximate surface area is 173 Å². The first kappa shape index (κ1) is 20.1. The van der Waals surface area contributed by atoms with Gasteiger partial charge in [-0.2, -0.15) is 4.39 Å². The lowest BCUT2D eigenvalue weighted by Crippen LogP contribution is -2.11. The van der Waals surface area contributed by atoms with Gasteiger partial charge in [-0.1, -0.05) is 12.1 Å². The van der Waals surface area contributed by atoms with E-state index in [0.717, 1.165) is 5.56 Å². The maximum absolute atomic E-state index is 14.8. The molecule has 0 aliphatic rings. The number of benzene rings is 2. The monoisotopic (exact) mass is 428 g/mol. The van der Waals surface area contributed by atoms with Crippen molar-refractivity contribution in [3.8, 4) is 11.1 Å². The van der Waals surface area contributed by atoms with Crippen molar-refractivity contribution in [2.75, 3.05) is 11.0 Å². The summed E-state index contributed by atoms with van der Waals surface area (Å²) in [5.74, 6) is -1.06. The summed E-state index contributed by atoms with van der Waals surface area (Å²) >= 11 is -1.44. The van der Waals surface area contributed by atoms with Gasteiger partial charge in [-0.05, 0) is 53.9 Å². The second-order valence-corrected chi connectivity index (χ2v) is 8.06. The van der Waals surface area contributed by atoms with Crippen molar-refractivity contribution >= 4 is 28.0 Å². The van der Waals surface area contributed by atoms with Crippen LogP contribution < -0.4 is 10.3 Å². The van der Waals surface area contributed by atoms with Gasteiger partial charge in [0.1, 0.15) is 12.1 Å². The zero-order chi connectivity index (χ0) is 21.4. The van der Waals surface area contributed by atoms with E-state index in [1.54, 1.807) is 43.5 Å². The summed E-state index contributed by atoms with van der Waals surface area (Å²) in [6.07, 6.45) is 3.02. The maximum Gasteiger partial charge on any atom is 0.250 e. The van der Waals surface area contributed by atoms with Crippen molar-refractivity contribution in [1.82, 2.24) is 14.8 Å². The molecule has 0 radical (unpaired) electrons. The molecule has 4 rings (SSSR count). The first-order chi connectivity index (χ1) is 14.3. The van der Waals surface area contributed by atoms with Crippen LogP contribution in [-0.2, 0) is 17.9 Å². The zero-order valence-corrected chi connectivity index (χ0v) is 17.0. The number of rotatable bonds is 5. The van der Waals surface area contributed by atoms with Crippen molar-refractivity contribution in [3.63, 3.8) is 0 Å². The van der Waals surface area contributed by atoms with E-state index in [0.29, 0.717) is 27.9 Å². The molecule has 0 unspecified atom stereocenters. The van der Waals surface area contributed by atoms with Gasteiger partial charge < -0.3 is 9.54 Å². The topological polar surface area (TPSA) is 85.8 Å². The van der Waals surface area contributed by atoms with Crippen LogP contribution in [0.15, 0.2) is 53.5 Å². The fraction of sp³-hybridized carbons (Fsp3) is 0.143. The fourth-order valence-electron chi connectivity index (χ4n) is 3.31. The number of aromatic nitrogens is 3. The third-order valence-corrected chi connectivity index (χ3v) is 5.24. The van der Waals surface area contributed by atoms with Crippen LogP contribution in [0.4, 0.5) is 14.5 Å². The molecule has 154 valence electrons. The lowest BCUT2D eigenvalue weighted by Gasteiger charge is -2.12. The SMILES string of the molecule is Cc1cc(-c2cc(N[S@@+](C)[O-])c3c(F)nn(Cc4ccc(F)cc4)c3c2)c[nH]c1=O. The van der Waals surface area contributed by atoms with Crippen molar-refractivity contribution in [2.24, 2.45) is 0 Å². The zero-order valence-electron chi connectivity index (χ0n) is 16.2. The van der Waals surface area contributed by atoms with E-state index < -0.39 is 17.3 Å². The molecular weight excluding hydrogens is 410 g/mol. The van der Waals surface area contributed by atoms with E-state index in [1.807, 2.05) is 0 Å². The van der Waals surface area contributed by atoms with E-state index in [-0.39, 0.29) is 23.3 Å². The van der Waals surface area contributed by atoms with Gasteiger partial charge in [0.15, 0.2) is 0 Å². The van der Waals surface area contributed by atoms with Gasteiger partial charge in [0.05, 0.1) is 34.5 Å². The maximum atomic E-state index is 14.8. The van der Waals surface area contributed by atoms with Crippen molar-refractivity contribution in [2.45, 2.75) is 13.5 Å². The molecule has 0 spiro atoms. The van der Waals surface area contributed by atoms with Crippen LogP contribution in [0, 0.1) is 18.7 Å². The molecule has 6 nitrogen and oxygen atoms in total. The summed E-state index contributed by atoms with van der Waals surface area (Å²) in [6, 6.07) is 11.0. The smallest absolute Gasteiger partial charge is 0.250 e. The number of nitrogens with zero attached hydrogens (tertiary/aromatic N) is 2. The summed E-state index contributed by atoms with van der Waals surface area (Å²) in [7, 11) is 0. The summed E-state index contributed by atoms with van der Waals surface area (Å²) in [5, 5.41) is 4.21. The minimum atomic E-state index is -1.44. The summed E-state index contributed by atoms with van der Waals surface area (Å²) in [5.41, 5.74) is 3.30. The molecule has 0 saturated carbocycles. The molecule has 0 aliphatic heterocycles. The molecule has 0 aliphatic carbocycles. The highest BCUT2D eigenvalue weighted by Gasteiger charge is 2.19. The second kappa shape index (κ2) is 7.92. The molecule has 9 heteroatoms. The predicted octanol–water partition coefficient (Wildman–Crippen LogP) is 3.73. The largest absolute Gasteiger partial charge is 0.593 e. The van der Waals surface area contributed by atoms with Gasteiger partial charge in [-0.15, -0.1) is 5.10 Å². The number of H-pyrrole nitrogens is 1. The Morgan fingerprint density at radius 2 is 1.90 bits per heavy atom. The van der Waals surface area contributed by atoms with E-state index in [1.165, 1.54) is 23.1 Å². The van der Waals surface area contributed by atoms with E-state index in [4.69, 9.17) is 0 Å². The minimum absolute atomic E-state index is 0.194. The standard InChI is InChI=1S/C21H18F2N4O2S/c1-12-7-15(10-24-21(12)28)14-8-17(26-30(2)29)19-18(9-14)27(25-20(19)23)11-13-3-5-16(22)6-4-13/h3-10,26H,11H2,1-2H3,(H,24,28)/t30-/m1/s1. The van der Waals surface area contributed by atoms with Gasteiger partial charge in [-0.3, -0.25) is 9.48 Å². The molecule has 0 saturated heterocycles. The Morgan fingerprint density at radius 3 is 2.57 bits per heavy atom. The Balaban J connectivity index is 1.90. The van der Waals surface area contributed by atoms with Crippen LogP contribution in [0.3, 0.4) is 0 Å². The number of halogens is 2. The molecule has 1 atom stereocenters. The number of pyridine rings is 1. The van der Waals surface area contributed by atoms with Gasteiger partial charge >= 0.3 is 0 Å². The first-order valence-corrected chi connectivity index (χ1v) is 10.6. The van der Waals surface area contributed by atoms with E-state index in [9.17, 15) is 18.1 Å². The molecule has 0 fully saturated rings. The summed E-state index contributed by atoms with van der Waals surface area (Å²) in [4.78, 5) is 14.4. The first-order valence-electron chi connectivity index (χ1n) is 9.06. The Hall–Kier alpha value is -3.17.